The first-order chi connectivity index (χ1) is 14.7. The highest BCUT2D eigenvalue weighted by Crippen LogP contribution is 2.25. The molecular weight excluding hydrogens is 376 g/mol. The molecule has 2 N–H and O–H groups in total. The number of benzene rings is 3. The van der Waals surface area contributed by atoms with Crippen LogP contribution >= 0.6 is 0 Å². The highest BCUT2D eigenvalue weighted by Gasteiger charge is 2.05. The zero-order valence-corrected chi connectivity index (χ0v) is 16.8. The van der Waals surface area contributed by atoms with Crippen LogP contribution in [0.4, 0.5) is 23.1 Å². The fourth-order valence-electron chi connectivity index (χ4n) is 2.90. The first kappa shape index (κ1) is 19.3. The summed E-state index contributed by atoms with van der Waals surface area (Å²) in [6, 6.07) is 26.9. The first-order valence-electron chi connectivity index (χ1n) is 9.55. The second-order valence-corrected chi connectivity index (χ2v) is 6.64. The zero-order valence-electron chi connectivity index (χ0n) is 16.8. The van der Waals surface area contributed by atoms with E-state index in [2.05, 4.69) is 20.6 Å². The van der Waals surface area contributed by atoms with Crippen LogP contribution in [0.15, 0.2) is 84.9 Å². The van der Waals surface area contributed by atoms with Crippen LogP contribution in [0.2, 0.25) is 0 Å². The highest BCUT2D eigenvalue weighted by atomic mass is 16.5. The van der Waals surface area contributed by atoms with E-state index in [0.29, 0.717) is 11.8 Å². The van der Waals surface area contributed by atoms with Gasteiger partial charge in [-0.15, -0.1) is 0 Å². The number of aryl methyl sites for hydroxylation is 1. The number of para-hydroxylation sites is 1. The van der Waals surface area contributed by atoms with Gasteiger partial charge in [0.15, 0.2) is 0 Å². The van der Waals surface area contributed by atoms with Crippen LogP contribution in [-0.4, -0.2) is 17.1 Å². The third-order valence-corrected chi connectivity index (χ3v) is 4.29. The van der Waals surface area contributed by atoms with Crippen molar-refractivity contribution in [2.75, 3.05) is 17.7 Å². The smallest absolute Gasteiger partial charge is 0.229 e. The molecule has 0 fully saturated rings. The SMILES string of the molecule is COc1cccc(Nc2cc(C)nc(Nc3ccc(Oc4ccccc4)cc3)n2)c1. The van der Waals surface area contributed by atoms with E-state index in [1.165, 1.54) is 0 Å². The van der Waals surface area contributed by atoms with E-state index in [-0.39, 0.29) is 0 Å². The first-order valence-corrected chi connectivity index (χ1v) is 9.55. The second kappa shape index (κ2) is 8.96. The molecule has 1 heterocycles. The van der Waals surface area contributed by atoms with Crippen molar-refractivity contribution in [3.63, 3.8) is 0 Å². The standard InChI is InChI=1S/C24H22N4O2/c1-17-15-23(26-19-7-6-10-22(16-19)29-2)28-24(25-17)27-18-11-13-21(14-12-18)30-20-8-4-3-5-9-20/h3-16H,1-2H3,(H2,25,26,27,28). The second-order valence-electron chi connectivity index (χ2n) is 6.64. The van der Waals surface area contributed by atoms with Gasteiger partial charge in [0, 0.05) is 29.2 Å². The summed E-state index contributed by atoms with van der Waals surface area (Å²) in [5, 5.41) is 6.53. The number of anilines is 4. The van der Waals surface area contributed by atoms with E-state index < -0.39 is 0 Å². The molecule has 6 heteroatoms. The topological polar surface area (TPSA) is 68.3 Å². The molecule has 0 spiro atoms. The van der Waals surface area contributed by atoms with Gasteiger partial charge in [0.1, 0.15) is 23.1 Å². The Morgan fingerprint density at radius 2 is 1.40 bits per heavy atom. The van der Waals surface area contributed by atoms with E-state index in [0.717, 1.165) is 34.3 Å². The highest BCUT2D eigenvalue weighted by molar-refractivity contribution is 5.61. The Morgan fingerprint density at radius 1 is 0.667 bits per heavy atom. The summed E-state index contributed by atoms with van der Waals surface area (Å²) in [7, 11) is 1.64. The van der Waals surface area contributed by atoms with Gasteiger partial charge in [-0.1, -0.05) is 24.3 Å². The monoisotopic (exact) mass is 398 g/mol. The van der Waals surface area contributed by atoms with Crippen LogP contribution in [-0.2, 0) is 0 Å². The molecule has 0 aliphatic carbocycles. The lowest BCUT2D eigenvalue weighted by atomic mass is 10.3. The Bertz CT molecular complexity index is 1120. The number of aromatic nitrogens is 2. The minimum absolute atomic E-state index is 0.511. The average Bonchev–Trinajstić information content (AvgIpc) is 2.76. The normalized spacial score (nSPS) is 10.3. The maximum Gasteiger partial charge on any atom is 0.229 e. The quantitative estimate of drug-likeness (QED) is 0.394. The summed E-state index contributed by atoms with van der Waals surface area (Å²) in [5.41, 5.74) is 2.61. The molecule has 150 valence electrons. The Balaban J connectivity index is 1.46. The van der Waals surface area contributed by atoms with Crippen LogP contribution in [0.3, 0.4) is 0 Å². The third-order valence-electron chi connectivity index (χ3n) is 4.29. The summed E-state index contributed by atoms with van der Waals surface area (Å²) in [4.78, 5) is 9.04. The fourth-order valence-corrected chi connectivity index (χ4v) is 2.90. The average molecular weight is 398 g/mol. The van der Waals surface area contributed by atoms with Crippen molar-refractivity contribution in [1.82, 2.24) is 9.97 Å². The molecule has 0 amide bonds. The Labute approximate surface area is 175 Å². The lowest BCUT2D eigenvalue weighted by molar-refractivity contribution is 0.415. The number of hydrogen-bond donors (Lipinski definition) is 2. The van der Waals surface area contributed by atoms with Gasteiger partial charge in [0.25, 0.3) is 0 Å². The molecule has 6 nitrogen and oxygen atoms in total. The van der Waals surface area contributed by atoms with E-state index in [1.54, 1.807) is 7.11 Å². The number of methoxy groups -OCH3 is 1. The van der Waals surface area contributed by atoms with Crippen molar-refractivity contribution < 1.29 is 9.47 Å². The molecule has 1 aromatic heterocycles. The minimum Gasteiger partial charge on any atom is -0.497 e. The van der Waals surface area contributed by atoms with Crippen molar-refractivity contribution in [2.24, 2.45) is 0 Å². The van der Waals surface area contributed by atoms with E-state index >= 15 is 0 Å². The lowest BCUT2D eigenvalue weighted by Crippen LogP contribution is -2.02. The van der Waals surface area contributed by atoms with Gasteiger partial charge in [-0.05, 0) is 55.5 Å². The number of ether oxygens (including phenoxy) is 2. The van der Waals surface area contributed by atoms with Crippen LogP contribution in [0.5, 0.6) is 17.2 Å². The van der Waals surface area contributed by atoms with E-state index in [4.69, 9.17) is 9.47 Å². The van der Waals surface area contributed by atoms with Crippen LogP contribution < -0.4 is 20.1 Å². The molecule has 0 unspecified atom stereocenters. The number of hydrogen-bond acceptors (Lipinski definition) is 6. The lowest BCUT2D eigenvalue weighted by Gasteiger charge is -2.11. The maximum atomic E-state index is 5.83. The van der Waals surface area contributed by atoms with Gasteiger partial charge in [-0.3, -0.25) is 0 Å². The largest absolute Gasteiger partial charge is 0.497 e. The Kier molecular flexibility index (Phi) is 5.75. The van der Waals surface area contributed by atoms with Gasteiger partial charge in [-0.25, -0.2) is 4.98 Å². The van der Waals surface area contributed by atoms with Gasteiger partial charge < -0.3 is 20.1 Å². The van der Waals surface area contributed by atoms with Crippen LogP contribution in [0.25, 0.3) is 0 Å². The van der Waals surface area contributed by atoms with Gasteiger partial charge >= 0.3 is 0 Å². The maximum absolute atomic E-state index is 5.83. The molecule has 0 atom stereocenters. The minimum atomic E-state index is 0.511. The molecule has 30 heavy (non-hydrogen) atoms. The molecule has 0 bridgehead atoms. The van der Waals surface area contributed by atoms with Gasteiger partial charge in [0.2, 0.25) is 5.95 Å². The summed E-state index contributed by atoms with van der Waals surface area (Å²) in [6.07, 6.45) is 0. The van der Waals surface area contributed by atoms with Gasteiger partial charge in [-0.2, -0.15) is 4.98 Å². The van der Waals surface area contributed by atoms with E-state index in [1.807, 2.05) is 91.9 Å². The van der Waals surface area contributed by atoms with E-state index in [9.17, 15) is 0 Å². The summed E-state index contributed by atoms with van der Waals surface area (Å²) < 4.78 is 11.1. The molecule has 0 aliphatic heterocycles. The van der Waals surface area contributed by atoms with Crippen LogP contribution in [0, 0.1) is 6.92 Å². The summed E-state index contributed by atoms with van der Waals surface area (Å²) in [5.74, 6) is 3.55. The summed E-state index contributed by atoms with van der Waals surface area (Å²) in [6.45, 7) is 1.93. The molecular formula is C24H22N4O2. The third kappa shape index (κ3) is 5.05. The molecule has 0 saturated carbocycles. The van der Waals surface area contributed by atoms with Gasteiger partial charge in [0.05, 0.1) is 7.11 Å². The molecule has 0 radical (unpaired) electrons. The number of rotatable bonds is 7. The van der Waals surface area contributed by atoms with Crippen LogP contribution in [0.1, 0.15) is 5.69 Å². The Hall–Kier alpha value is -4.06. The van der Waals surface area contributed by atoms with Crippen molar-refractivity contribution in [1.29, 1.82) is 0 Å². The van der Waals surface area contributed by atoms with Crippen molar-refractivity contribution in [2.45, 2.75) is 6.92 Å². The van der Waals surface area contributed by atoms with Crippen molar-refractivity contribution in [3.05, 3.63) is 90.6 Å². The molecule has 4 rings (SSSR count). The molecule has 3 aromatic carbocycles. The zero-order chi connectivity index (χ0) is 20.8. The Morgan fingerprint density at radius 3 is 2.17 bits per heavy atom. The number of nitrogens with one attached hydrogen (secondary N) is 2. The van der Waals surface area contributed by atoms with Crippen molar-refractivity contribution >= 4 is 23.1 Å². The predicted molar refractivity (Wildman–Crippen MR) is 119 cm³/mol. The molecule has 0 saturated heterocycles. The summed E-state index contributed by atoms with van der Waals surface area (Å²) >= 11 is 0. The predicted octanol–water partition coefficient (Wildman–Crippen LogP) is 6.07. The molecule has 0 aliphatic rings. The number of nitrogens with zero attached hydrogens (tertiary/aromatic N) is 2. The fraction of sp³-hybridized carbons (Fsp3) is 0.0833. The van der Waals surface area contributed by atoms with Crippen molar-refractivity contribution in [3.8, 4) is 17.2 Å². The molecule has 4 aromatic rings.